The number of carboxylic acid groups (broad SMARTS) is 1. The molecule has 5 heteroatoms. The first-order valence-electron chi connectivity index (χ1n) is 5.73. The summed E-state index contributed by atoms with van der Waals surface area (Å²) in [6.45, 7) is 2.10. The Labute approximate surface area is 95.4 Å². The SMILES string of the molecule is CC(CNC(=O)C1(CN)CCCC1)C(=O)O. The number of carbonyl (C=O) groups is 2. The first-order valence-corrected chi connectivity index (χ1v) is 5.73. The fourth-order valence-corrected chi connectivity index (χ4v) is 2.10. The first-order chi connectivity index (χ1) is 7.52. The lowest BCUT2D eigenvalue weighted by Crippen LogP contribution is -2.45. The molecule has 1 amide bonds. The summed E-state index contributed by atoms with van der Waals surface area (Å²) in [4.78, 5) is 22.5. The molecule has 0 aromatic carbocycles. The number of aliphatic carboxylic acids is 1. The molecule has 0 aromatic rings. The zero-order valence-corrected chi connectivity index (χ0v) is 9.66. The van der Waals surface area contributed by atoms with E-state index in [1.54, 1.807) is 6.92 Å². The van der Waals surface area contributed by atoms with E-state index in [4.69, 9.17) is 10.8 Å². The van der Waals surface area contributed by atoms with Crippen molar-refractivity contribution in [3.63, 3.8) is 0 Å². The normalized spacial score (nSPS) is 20.4. The fraction of sp³-hybridized carbons (Fsp3) is 0.818. The molecule has 1 saturated carbocycles. The van der Waals surface area contributed by atoms with Gasteiger partial charge in [-0.1, -0.05) is 19.8 Å². The van der Waals surface area contributed by atoms with E-state index in [-0.39, 0.29) is 12.5 Å². The lowest BCUT2D eigenvalue weighted by atomic mass is 9.85. The van der Waals surface area contributed by atoms with Gasteiger partial charge in [-0.15, -0.1) is 0 Å². The van der Waals surface area contributed by atoms with Crippen molar-refractivity contribution < 1.29 is 14.7 Å². The standard InChI is InChI=1S/C11H20N2O3/c1-8(9(14)15)6-13-10(16)11(7-12)4-2-3-5-11/h8H,2-7,12H2,1H3,(H,13,16)(H,14,15). The van der Waals surface area contributed by atoms with Gasteiger partial charge in [0, 0.05) is 13.1 Å². The topological polar surface area (TPSA) is 92.4 Å². The second-order valence-electron chi connectivity index (χ2n) is 4.64. The molecule has 0 bridgehead atoms. The van der Waals surface area contributed by atoms with Crippen LogP contribution in [0.3, 0.4) is 0 Å². The van der Waals surface area contributed by atoms with Gasteiger partial charge in [-0.25, -0.2) is 0 Å². The number of amides is 1. The van der Waals surface area contributed by atoms with E-state index < -0.39 is 17.3 Å². The summed E-state index contributed by atoms with van der Waals surface area (Å²) in [5, 5.41) is 11.4. The van der Waals surface area contributed by atoms with Gasteiger partial charge in [-0.3, -0.25) is 9.59 Å². The number of carboxylic acids is 1. The molecule has 0 heterocycles. The molecule has 16 heavy (non-hydrogen) atoms. The number of hydrogen-bond donors (Lipinski definition) is 3. The summed E-state index contributed by atoms with van der Waals surface area (Å²) < 4.78 is 0. The van der Waals surface area contributed by atoms with E-state index in [0.717, 1.165) is 25.7 Å². The Morgan fingerprint density at radius 3 is 2.44 bits per heavy atom. The molecule has 4 N–H and O–H groups in total. The minimum atomic E-state index is -0.895. The summed E-state index contributed by atoms with van der Waals surface area (Å²) in [6, 6.07) is 0. The molecular formula is C11H20N2O3. The Balaban J connectivity index is 2.48. The molecule has 0 aromatic heterocycles. The summed E-state index contributed by atoms with van der Waals surface area (Å²) in [7, 11) is 0. The van der Waals surface area contributed by atoms with Gasteiger partial charge in [0.05, 0.1) is 11.3 Å². The minimum Gasteiger partial charge on any atom is -0.481 e. The highest BCUT2D eigenvalue weighted by Crippen LogP contribution is 2.37. The molecule has 1 aliphatic rings. The molecule has 0 radical (unpaired) electrons. The zero-order valence-electron chi connectivity index (χ0n) is 9.66. The van der Waals surface area contributed by atoms with E-state index in [9.17, 15) is 9.59 Å². The maximum atomic E-state index is 11.9. The average molecular weight is 228 g/mol. The molecule has 1 fully saturated rings. The van der Waals surface area contributed by atoms with Crippen molar-refractivity contribution in [2.75, 3.05) is 13.1 Å². The van der Waals surface area contributed by atoms with Crippen LogP contribution >= 0.6 is 0 Å². The highest BCUT2D eigenvalue weighted by molar-refractivity contribution is 5.83. The number of carbonyl (C=O) groups excluding carboxylic acids is 1. The predicted molar refractivity (Wildman–Crippen MR) is 59.8 cm³/mol. The van der Waals surface area contributed by atoms with E-state index >= 15 is 0 Å². The number of hydrogen-bond acceptors (Lipinski definition) is 3. The van der Waals surface area contributed by atoms with Crippen molar-refractivity contribution in [2.24, 2.45) is 17.1 Å². The molecule has 0 saturated heterocycles. The van der Waals surface area contributed by atoms with Gasteiger partial charge in [0.25, 0.3) is 0 Å². The van der Waals surface area contributed by atoms with Crippen molar-refractivity contribution in [1.82, 2.24) is 5.32 Å². The van der Waals surface area contributed by atoms with Crippen LogP contribution in [0.1, 0.15) is 32.6 Å². The van der Waals surface area contributed by atoms with Crippen molar-refractivity contribution in [2.45, 2.75) is 32.6 Å². The highest BCUT2D eigenvalue weighted by atomic mass is 16.4. The summed E-state index contributed by atoms with van der Waals surface area (Å²) >= 11 is 0. The Bertz CT molecular complexity index is 272. The van der Waals surface area contributed by atoms with Gasteiger partial charge in [0.1, 0.15) is 0 Å². The summed E-state index contributed by atoms with van der Waals surface area (Å²) in [5.74, 6) is -1.53. The van der Waals surface area contributed by atoms with Crippen LogP contribution in [0, 0.1) is 11.3 Å². The Hall–Kier alpha value is -1.10. The Morgan fingerprint density at radius 1 is 1.44 bits per heavy atom. The van der Waals surface area contributed by atoms with Gasteiger partial charge in [0.2, 0.25) is 5.91 Å². The summed E-state index contributed by atoms with van der Waals surface area (Å²) in [6.07, 6.45) is 3.69. The van der Waals surface area contributed by atoms with Crippen LogP contribution in [-0.2, 0) is 9.59 Å². The lowest BCUT2D eigenvalue weighted by molar-refractivity contribution is -0.141. The monoisotopic (exact) mass is 228 g/mol. The summed E-state index contributed by atoms with van der Waals surface area (Å²) in [5.41, 5.74) is 5.21. The second kappa shape index (κ2) is 5.30. The van der Waals surface area contributed by atoms with E-state index in [2.05, 4.69) is 5.32 Å². The molecule has 1 aliphatic carbocycles. The van der Waals surface area contributed by atoms with Crippen molar-refractivity contribution in [3.8, 4) is 0 Å². The van der Waals surface area contributed by atoms with E-state index in [0.29, 0.717) is 6.54 Å². The Kier molecular flexibility index (Phi) is 4.29. The molecule has 1 atom stereocenters. The third kappa shape index (κ3) is 2.72. The zero-order chi connectivity index (χ0) is 12.2. The van der Waals surface area contributed by atoms with Crippen LogP contribution in [0.15, 0.2) is 0 Å². The van der Waals surface area contributed by atoms with Gasteiger partial charge in [-0.05, 0) is 12.8 Å². The lowest BCUT2D eigenvalue weighted by Gasteiger charge is -2.26. The molecule has 1 rings (SSSR count). The molecule has 5 nitrogen and oxygen atoms in total. The van der Waals surface area contributed by atoms with E-state index in [1.807, 2.05) is 0 Å². The van der Waals surface area contributed by atoms with E-state index in [1.165, 1.54) is 0 Å². The second-order valence-corrected chi connectivity index (χ2v) is 4.64. The number of rotatable bonds is 5. The molecular weight excluding hydrogens is 208 g/mol. The van der Waals surface area contributed by atoms with Gasteiger partial charge in [-0.2, -0.15) is 0 Å². The van der Waals surface area contributed by atoms with Gasteiger partial charge < -0.3 is 16.2 Å². The maximum absolute atomic E-state index is 11.9. The van der Waals surface area contributed by atoms with Crippen LogP contribution in [0.25, 0.3) is 0 Å². The minimum absolute atomic E-state index is 0.0828. The van der Waals surface area contributed by atoms with Crippen LogP contribution in [0.4, 0.5) is 0 Å². The first kappa shape index (κ1) is 13.0. The number of nitrogens with one attached hydrogen (secondary N) is 1. The Morgan fingerprint density at radius 2 is 2.00 bits per heavy atom. The van der Waals surface area contributed by atoms with Crippen LogP contribution in [0.2, 0.25) is 0 Å². The van der Waals surface area contributed by atoms with Crippen LogP contribution in [-0.4, -0.2) is 30.1 Å². The van der Waals surface area contributed by atoms with Crippen molar-refractivity contribution in [1.29, 1.82) is 0 Å². The number of nitrogens with two attached hydrogens (primary N) is 1. The maximum Gasteiger partial charge on any atom is 0.308 e. The van der Waals surface area contributed by atoms with Crippen LogP contribution < -0.4 is 11.1 Å². The molecule has 0 spiro atoms. The fourth-order valence-electron chi connectivity index (χ4n) is 2.10. The third-order valence-electron chi connectivity index (χ3n) is 3.42. The van der Waals surface area contributed by atoms with Gasteiger partial charge in [0.15, 0.2) is 0 Å². The highest BCUT2D eigenvalue weighted by Gasteiger charge is 2.39. The van der Waals surface area contributed by atoms with Crippen LogP contribution in [0.5, 0.6) is 0 Å². The molecule has 0 aliphatic heterocycles. The largest absolute Gasteiger partial charge is 0.481 e. The quantitative estimate of drug-likeness (QED) is 0.632. The predicted octanol–water partition coefficient (Wildman–Crippen LogP) is 0.342. The molecule has 92 valence electrons. The molecule has 1 unspecified atom stereocenters. The average Bonchev–Trinajstić information content (AvgIpc) is 2.74. The smallest absolute Gasteiger partial charge is 0.308 e. The van der Waals surface area contributed by atoms with Crippen molar-refractivity contribution in [3.05, 3.63) is 0 Å². The van der Waals surface area contributed by atoms with Gasteiger partial charge >= 0.3 is 5.97 Å². The third-order valence-corrected chi connectivity index (χ3v) is 3.42. The van der Waals surface area contributed by atoms with Crippen molar-refractivity contribution >= 4 is 11.9 Å².